The number of nitrogens with zero attached hydrogens (tertiary/aromatic N) is 4. The van der Waals surface area contributed by atoms with Gasteiger partial charge >= 0.3 is 0 Å². The van der Waals surface area contributed by atoms with Gasteiger partial charge in [0.15, 0.2) is 5.82 Å². The van der Waals surface area contributed by atoms with E-state index in [2.05, 4.69) is 15.1 Å². The van der Waals surface area contributed by atoms with Crippen molar-refractivity contribution in [3.63, 3.8) is 0 Å². The molecule has 1 aromatic carbocycles. The topological polar surface area (TPSA) is 72.1 Å². The van der Waals surface area contributed by atoms with E-state index in [1.54, 1.807) is 17.9 Å². The third kappa shape index (κ3) is 2.46. The molecule has 0 bridgehead atoms. The van der Waals surface area contributed by atoms with E-state index >= 15 is 0 Å². The minimum absolute atomic E-state index is 0.0888. The van der Waals surface area contributed by atoms with Gasteiger partial charge in [-0.15, -0.1) is 0 Å². The van der Waals surface area contributed by atoms with Crippen molar-refractivity contribution in [2.75, 3.05) is 6.54 Å². The van der Waals surface area contributed by atoms with E-state index in [1.165, 1.54) is 0 Å². The van der Waals surface area contributed by atoms with Gasteiger partial charge in [-0.25, -0.2) is 4.98 Å². The molecule has 23 heavy (non-hydrogen) atoms. The van der Waals surface area contributed by atoms with Crippen LogP contribution in [0.2, 0.25) is 0 Å². The van der Waals surface area contributed by atoms with E-state index in [0.29, 0.717) is 24.0 Å². The van der Waals surface area contributed by atoms with Crippen molar-refractivity contribution in [1.29, 1.82) is 0 Å². The van der Waals surface area contributed by atoms with E-state index in [0.717, 1.165) is 23.7 Å². The van der Waals surface area contributed by atoms with Gasteiger partial charge in [0, 0.05) is 11.9 Å². The predicted molar refractivity (Wildman–Crippen MR) is 83.8 cm³/mol. The van der Waals surface area contributed by atoms with Gasteiger partial charge in [-0.1, -0.05) is 29.4 Å². The molecule has 0 saturated carbocycles. The summed E-state index contributed by atoms with van der Waals surface area (Å²) < 4.78 is 5.26. The Morgan fingerprint density at radius 2 is 2.09 bits per heavy atom. The molecule has 6 heteroatoms. The zero-order chi connectivity index (χ0) is 15.8. The lowest BCUT2D eigenvalue weighted by molar-refractivity contribution is 0.0704. The highest BCUT2D eigenvalue weighted by Crippen LogP contribution is 2.32. The van der Waals surface area contributed by atoms with Gasteiger partial charge in [-0.05, 0) is 31.9 Å². The first-order valence-corrected chi connectivity index (χ1v) is 7.69. The molecule has 3 aromatic rings. The van der Waals surface area contributed by atoms with E-state index in [-0.39, 0.29) is 11.9 Å². The van der Waals surface area contributed by atoms with E-state index in [9.17, 15) is 4.79 Å². The average molecular weight is 308 g/mol. The number of carbonyl (C=O) groups excluding carboxylic acids is 1. The summed E-state index contributed by atoms with van der Waals surface area (Å²) in [7, 11) is 0. The van der Waals surface area contributed by atoms with Crippen LogP contribution in [0.3, 0.4) is 0 Å². The Balaban J connectivity index is 1.66. The van der Waals surface area contributed by atoms with Crippen molar-refractivity contribution in [2.24, 2.45) is 0 Å². The average Bonchev–Trinajstić information content (AvgIpc) is 3.22. The normalized spacial score (nSPS) is 17.8. The van der Waals surface area contributed by atoms with Crippen LogP contribution in [-0.2, 0) is 0 Å². The summed E-state index contributed by atoms with van der Waals surface area (Å²) in [6, 6.07) is 11.3. The Morgan fingerprint density at radius 1 is 1.22 bits per heavy atom. The Morgan fingerprint density at radius 3 is 2.91 bits per heavy atom. The standard InChI is InChI=1S/C17H16N4O2/c1-11-18-16(23-20-11)15-7-4-10-21(15)17(22)14-9-8-12-5-2-3-6-13(12)19-14/h2-3,5-6,8-9,15H,4,7,10H2,1H3/t15-/m0/s1. The molecule has 1 aliphatic heterocycles. The summed E-state index contributed by atoms with van der Waals surface area (Å²) >= 11 is 0. The highest BCUT2D eigenvalue weighted by atomic mass is 16.5. The highest BCUT2D eigenvalue weighted by Gasteiger charge is 2.34. The molecule has 0 aliphatic carbocycles. The Labute approximate surface area is 133 Å². The van der Waals surface area contributed by atoms with Gasteiger partial charge in [0.25, 0.3) is 5.91 Å². The molecular weight excluding hydrogens is 292 g/mol. The molecule has 3 heterocycles. The van der Waals surface area contributed by atoms with Gasteiger partial charge in [-0.3, -0.25) is 4.79 Å². The van der Waals surface area contributed by atoms with Crippen LogP contribution in [0, 0.1) is 6.92 Å². The fraction of sp³-hybridized carbons (Fsp3) is 0.294. The van der Waals surface area contributed by atoms with Crippen LogP contribution in [0.1, 0.15) is 41.1 Å². The SMILES string of the molecule is Cc1noc([C@@H]2CCCN2C(=O)c2ccc3ccccc3n2)n1. The molecular formula is C17H16N4O2. The van der Waals surface area contributed by atoms with E-state index < -0.39 is 0 Å². The molecule has 2 aromatic heterocycles. The van der Waals surface area contributed by atoms with Crippen LogP contribution < -0.4 is 0 Å². The van der Waals surface area contributed by atoms with Gasteiger partial charge in [0.2, 0.25) is 5.89 Å². The lowest BCUT2D eigenvalue weighted by Crippen LogP contribution is -2.31. The minimum Gasteiger partial charge on any atom is -0.337 e. The third-order valence-corrected chi connectivity index (χ3v) is 4.16. The maximum absolute atomic E-state index is 12.9. The maximum Gasteiger partial charge on any atom is 0.273 e. The van der Waals surface area contributed by atoms with Crippen LogP contribution in [-0.4, -0.2) is 32.5 Å². The molecule has 1 fully saturated rings. The minimum atomic E-state index is -0.156. The quantitative estimate of drug-likeness (QED) is 0.728. The van der Waals surface area contributed by atoms with Crippen LogP contribution in [0.25, 0.3) is 10.9 Å². The van der Waals surface area contributed by atoms with Gasteiger partial charge in [0.05, 0.1) is 5.52 Å². The number of fused-ring (bicyclic) bond motifs is 1. The van der Waals surface area contributed by atoms with Gasteiger partial charge in [-0.2, -0.15) is 4.98 Å². The number of hydrogen-bond acceptors (Lipinski definition) is 5. The lowest BCUT2D eigenvalue weighted by Gasteiger charge is -2.21. The highest BCUT2D eigenvalue weighted by molar-refractivity contribution is 5.95. The smallest absolute Gasteiger partial charge is 0.273 e. The molecule has 1 amide bonds. The number of pyridine rings is 1. The first-order valence-electron chi connectivity index (χ1n) is 7.69. The fourth-order valence-corrected chi connectivity index (χ4v) is 3.05. The Hall–Kier alpha value is -2.76. The van der Waals surface area contributed by atoms with Gasteiger partial charge < -0.3 is 9.42 Å². The van der Waals surface area contributed by atoms with Crippen molar-refractivity contribution in [2.45, 2.75) is 25.8 Å². The van der Waals surface area contributed by atoms with E-state index in [4.69, 9.17) is 4.52 Å². The van der Waals surface area contributed by atoms with Crippen LogP contribution in [0.4, 0.5) is 0 Å². The second-order valence-electron chi connectivity index (χ2n) is 5.73. The number of aryl methyl sites for hydroxylation is 1. The first-order chi connectivity index (χ1) is 11.2. The predicted octanol–water partition coefficient (Wildman–Crippen LogP) is 2.90. The second kappa shape index (κ2) is 5.46. The zero-order valence-electron chi connectivity index (χ0n) is 12.8. The van der Waals surface area contributed by atoms with Gasteiger partial charge in [0.1, 0.15) is 11.7 Å². The molecule has 1 saturated heterocycles. The summed E-state index contributed by atoms with van der Waals surface area (Å²) in [4.78, 5) is 23.4. The summed E-state index contributed by atoms with van der Waals surface area (Å²) in [5.74, 6) is 1.01. The molecule has 0 spiro atoms. The summed E-state index contributed by atoms with van der Waals surface area (Å²) in [6.07, 6.45) is 1.76. The maximum atomic E-state index is 12.9. The number of para-hydroxylation sites is 1. The number of likely N-dealkylation sites (tertiary alicyclic amines) is 1. The second-order valence-corrected chi connectivity index (χ2v) is 5.73. The molecule has 0 unspecified atom stereocenters. The molecule has 4 rings (SSSR count). The van der Waals surface area contributed by atoms with Crippen molar-refractivity contribution in [3.05, 3.63) is 53.8 Å². The van der Waals surface area contributed by atoms with Crippen LogP contribution in [0.5, 0.6) is 0 Å². The number of amides is 1. The van der Waals surface area contributed by atoms with Crippen LogP contribution >= 0.6 is 0 Å². The Kier molecular flexibility index (Phi) is 3.29. The van der Waals surface area contributed by atoms with Crippen molar-refractivity contribution in [1.82, 2.24) is 20.0 Å². The number of hydrogen-bond donors (Lipinski definition) is 0. The monoisotopic (exact) mass is 308 g/mol. The third-order valence-electron chi connectivity index (χ3n) is 4.16. The summed E-state index contributed by atoms with van der Waals surface area (Å²) in [5.41, 5.74) is 1.27. The zero-order valence-corrected chi connectivity index (χ0v) is 12.8. The van der Waals surface area contributed by atoms with Crippen molar-refractivity contribution < 1.29 is 9.32 Å². The van der Waals surface area contributed by atoms with Crippen molar-refractivity contribution >= 4 is 16.8 Å². The molecule has 1 atom stereocenters. The fourth-order valence-electron chi connectivity index (χ4n) is 3.05. The first kappa shape index (κ1) is 13.9. The largest absolute Gasteiger partial charge is 0.337 e. The molecule has 1 aliphatic rings. The molecule has 0 radical (unpaired) electrons. The lowest BCUT2D eigenvalue weighted by atomic mass is 10.2. The number of rotatable bonds is 2. The number of aromatic nitrogens is 3. The number of carbonyl (C=O) groups is 1. The number of benzene rings is 1. The molecule has 0 N–H and O–H groups in total. The molecule has 116 valence electrons. The summed E-state index contributed by atoms with van der Waals surface area (Å²) in [5, 5.41) is 4.85. The van der Waals surface area contributed by atoms with Crippen LogP contribution in [0.15, 0.2) is 40.9 Å². The summed E-state index contributed by atoms with van der Waals surface area (Å²) in [6.45, 7) is 2.46. The van der Waals surface area contributed by atoms with E-state index in [1.807, 2.05) is 30.3 Å². The van der Waals surface area contributed by atoms with Crippen molar-refractivity contribution in [3.8, 4) is 0 Å². The molecule has 6 nitrogen and oxygen atoms in total. The Bertz CT molecular complexity index is 874.